The molecule has 1 aliphatic rings. The predicted molar refractivity (Wildman–Crippen MR) is 95.6 cm³/mol. The fraction of sp³-hybridized carbons (Fsp3) is 0.263. The number of nitrogens with zero attached hydrogens (tertiary/aromatic N) is 1. The zero-order valence-corrected chi connectivity index (χ0v) is 13.7. The van der Waals surface area contributed by atoms with Gasteiger partial charge < -0.3 is 15.5 Å². The van der Waals surface area contributed by atoms with E-state index < -0.39 is 0 Å². The molecule has 1 heterocycles. The number of carbonyl (C=O) groups is 2. The lowest BCUT2D eigenvalue weighted by Gasteiger charge is -2.18. The zero-order chi connectivity index (χ0) is 16.9. The molecule has 3 amide bonds. The fourth-order valence-electron chi connectivity index (χ4n) is 2.82. The molecule has 0 aliphatic carbocycles. The van der Waals surface area contributed by atoms with E-state index >= 15 is 0 Å². The Morgan fingerprint density at radius 3 is 2.67 bits per heavy atom. The maximum Gasteiger partial charge on any atom is 0.319 e. The Morgan fingerprint density at radius 1 is 1.12 bits per heavy atom. The molecule has 24 heavy (non-hydrogen) atoms. The molecule has 1 aliphatic heterocycles. The van der Waals surface area contributed by atoms with Gasteiger partial charge in [-0.1, -0.05) is 31.2 Å². The molecule has 0 radical (unpaired) electrons. The number of benzene rings is 2. The third-order valence-electron chi connectivity index (χ3n) is 4.04. The summed E-state index contributed by atoms with van der Waals surface area (Å²) in [4.78, 5) is 26.3. The summed E-state index contributed by atoms with van der Waals surface area (Å²) in [5.41, 5.74) is 3.36. The van der Waals surface area contributed by atoms with Crippen LogP contribution in [0.25, 0.3) is 0 Å². The molecule has 2 aromatic carbocycles. The van der Waals surface area contributed by atoms with Crippen molar-refractivity contribution in [2.24, 2.45) is 0 Å². The highest BCUT2D eigenvalue weighted by Crippen LogP contribution is 2.32. The Morgan fingerprint density at radius 2 is 1.92 bits per heavy atom. The summed E-state index contributed by atoms with van der Waals surface area (Å²) >= 11 is 0. The lowest BCUT2D eigenvalue weighted by molar-refractivity contribution is 0.0989. The highest BCUT2D eigenvalue weighted by molar-refractivity contribution is 6.07. The van der Waals surface area contributed by atoms with Gasteiger partial charge in [0.2, 0.25) is 0 Å². The third kappa shape index (κ3) is 3.40. The van der Waals surface area contributed by atoms with Crippen molar-refractivity contribution in [3.05, 3.63) is 59.7 Å². The van der Waals surface area contributed by atoms with Crippen LogP contribution in [-0.4, -0.2) is 25.0 Å². The molecule has 2 aromatic rings. The minimum Gasteiger partial charge on any atom is -0.338 e. The van der Waals surface area contributed by atoms with E-state index in [1.807, 2.05) is 55.5 Å². The molecule has 0 unspecified atom stereocenters. The monoisotopic (exact) mass is 323 g/mol. The summed E-state index contributed by atoms with van der Waals surface area (Å²) in [6.07, 6.45) is 1.72. The number of rotatable bonds is 4. The van der Waals surface area contributed by atoms with E-state index in [0.717, 1.165) is 24.1 Å². The van der Waals surface area contributed by atoms with Crippen LogP contribution in [0.15, 0.2) is 48.5 Å². The molecule has 0 atom stereocenters. The van der Waals surface area contributed by atoms with Gasteiger partial charge in [-0.2, -0.15) is 0 Å². The number of nitrogens with one attached hydrogen (secondary N) is 2. The van der Waals surface area contributed by atoms with Crippen LogP contribution in [0, 0.1) is 0 Å². The van der Waals surface area contributed by atoms with Gasteiger partial charge in [-0.25, -0.2) is 4.79 Å². The number of amides is 3. The van der Waals surface area contributed by atoms with E-state index in [4.69, 9.17) is 0 Å². The standard InChI is InChI=1S/C19H21N3O2/c1-2-11-20-19(24)21-16-9-8-14-10-12-22(17(14)13-16)18(23)15-6-4-3-5-7-15/h3-9,13H,2,10-12H2,1H3,(H2,20,21,24). The van der Waals surface area contributed by atoms with Crippen molar-refractivity contribution in [1.82, 2.24) is 5.32 Å². The van der Waals surface area contributed by atoms with Gasteiger partial charge in [0.05, 0.1) is 0 Å². The Hall–Kier alpha value is -2.82. The molecule has 124 valence electrons. The molecule has 0 bridgehead atoms. The first-order valence-corrected chi connectivity index (χ1v) is 8.23. The first-order valence-electron chi connectivity index (χ1n) is 8.23. The van der Waals surface area contributed by atoms with Gasteiger partial charge in [0.25, 0.3) is 5.91 Å². The van der Waals surface area contributed by atoms with Crippen LogP contribution in [-0.2, 0) is 6.42 Å². The lowest BCUT2D eigenvalue weighted by atomic mass is 10.1. The molecule has 0 aromatic heterocycles. The molecule has 5 nitrogen and oxygen atoms in total. The second-order valence-electron chi connectivity index (χ2n) is 5.80. The highest BCUT2D eigenvalue weighted by atomic mass is 16.2. The Bertz CT molecular complexity index is 744. The molecule has 5 heteroatoms. The van der Waals surface area contributed by atoms with E-state index in [0.29, 0.717) is 24.3 Å². The largest absolute Gasteiger partial charge is 0.338 e. The SMILES string of the molecule is CCCNC(=O)Nc1ccc2c(c1)N(C(=O)c1ccccc1)CC2. The fourth-order valence-corrected chi connectivity index (χ4v) is 2.82. The Kier molecular flexibility index (Phi) is 4.79. The van der Waals surface area contributed by atoms with Crippen molar-refractivity contribution in [3.63, 3.8) is 0 Å². The van der Waals surface area contributed by atoms with Gasteiger partial charge in [-0.15, -0.1) is 0 Å². The number of carbonyl (C=O) groups excluding carboxylic acids is 2. The molecule has 0 fully saturated rings. The number of hydrogen-bond donors (Lipinski definition) is 2. The smallest absolute Gasteiger partial charge is 0.319 e. The maximum absolute atomic E-state index is 12.7. The Labute approximate surface area is 141 Å². The van der Waals surface area contributed by atoms with Gasteiger partial charge in [0.15, 0.2) is 0 Å². The average molecular weight is 323 g/mol. The summed E-state index contributed by atoms with van der Waals surface area (Å²) < 4.78 is 0. The van der Waals surface area contributed by atoms with E-state index in [1.54, 1.807) is 4.90 Å². The van der Waals surface area contributed by atoms with Gasteiger partial charge in [0, 0.05) is 30.0 Å². The van der Waals surface area contributed by atoms with Gasteiger partial charge in [0.1, 0.15) is 0 Å². The quantitative estimate of drug-likeness (QED) is 0.905. The van der Waals surface area contributed by atoms with Crippen molar-refractivity contribution in [2.45, 2.75) is 19.8 Å². The second kappa shape index (κ2) is 7.17. The van der Waals surface area contributed by atoms with Crippen LogP contribution in [0.1, 0.15) is 29.3 Å². The predicted octanol–water partition coefficient (Wildman–Crippen LogP) is 3.42. The summed E-state index contributed by atoms with van der Waals surface area (Å²) in [5, 5.41) is 5.60. The van der Waals surface area contributed by atoms with Crippen LogP contribution in [0.2, 0.25) is 0 Å². The number of hydrogen-bond acceptors (Lipinski definition) is 2. The topological polar surface area (TPSA) is 61.4 Å². The van der Waals surface area contributed by atoms with E-state index in [2.05, 4.69) is 10.6 Å². The van der Waals surface area contributed by atoms with Crippen molar-refractivity contribution < 1.29 is 9.59 Å². The van der Waals surface area contributed by atoms with E-state index in [9.17, 15) is 9.59 Å². The Balaban J connectivity index is 1.78. The van der Waals surface area contributed by atoms with Gasteiger partial charge in [-0.05, 0) is 42.7 Å². The zero-order valence-electron chi connectivity index (χ0n) is 13.7. The maximum atomic E-state index is 12.7. The molecule has 2 N–H and O–H groups in total. The molecule has 0 saturated carbocycles. The average Bonchev–Trinajstić information content (AvgIpc) is 3.03. The van der Waals surface area contributed by atoms with Crippen LogP contribution in [0.4, 0.5) is 16.2 Å². The number of fused-ring (bicyclic) bond motifs is 1. The number of anilines is 2. The van der Waals surface area contributed by atoms with E-state index in [-0.39, 0.29) is 11.9 Å². The summed E-state index contributed by atoms with van der Waals surface area (Å²) in [7, 11) is 0. The van der Waals surface area contributed by atoms with Gasteiger partial charge >= 0.3 is 6.03 Å². The molecule has 0 saturated heterocycles. The first-order chi connectivity index (χ1) is 11.7. The van der Waals surface area contributed by atoms with Gasteiger partial charge in [-0.3, -0.25) is 4.79 Å². The minimum atomic E-state index is -0.226. The molecular formula is C19H21N3O2. The minimum absolute atomic E-state index is 0.0121. The second-order valence-corrected chi connectivity index (χ2v) is 5.80. The van der Waals surface area contributed by atoms with Crippen molar-refractivity contribution in [3.8, 4) is 0 Å². The number of urea groups is 1. The highest BCUT2D eigenvalue weighted by Gasteiger charge is 2.25. The first kappa shape index (κ1) is 16.1. The summed E-state index contributed by atoms with van der Waals surface area (Å²) in [5.74, 6) is -0.0121. The summed E-state index contributed by atoms with van der Waals surface area (Å²) in [6.45, 7) is 3.30. The van der Waals surface area contributed by atoms with Crippen LogP contribution >= 0.6 is 0 Å². The van der Waals surface area contributed by atoms with Crippen molar-refractivity contribution in [2.75, 3.05) is 23.3 Å². The van der Waals surface area contributed by atoms with E-state index in [1.165, 1.54) is 0 Å². The lowest BCUT2D eigenvalue weighted by Crippen LogP contribution is -2.30. The van der Waals surface area contributed by atoms with Crippen molar-refractivity contribution >= 4 is 23.3 Å². The molecule has 3 rings (SSSR count). The normalized spacial score (nSPS) is 12.6. The molecule has 0 spiro atoms. The van der Waals surface area contributed by atoms with Crippen molar-refractivity contribution in [1.29, 1.82) is 0 Å². The third-order valence-corrected chi connectivity index (χ3v) is 4.04. The van der Waals surface area contributed by atoms with Crippen LogP contribution in [0.3, 0.4) is 0 Å². The van der Waals surface area contributed by atoms with Crippen LogP contribution < -0.4 is 15.5 Å². The van der Waals surface area contributed by atoms with Crippen LogP contribution in [0.5, 0.6) is 0 Å². The summed E-state index contributed by atoms with van der Waals surface area (Å²) in [6, 6.07) is 14.8. The molecular weight excluding hydrogens is 302 g/mol.